The SMILES string of the molecule is C[C@@H]1CCCN(C(=O)COC(=O)c2ccc3c(c2)C[C@@H](C)N3S(C)(=O)=O)C1. The highest BCUT2D eigenvalue weighted by Gasteiger charge is 2.33. The Kier molecular flexibility index (Phi) is 5.46. The molecule has 148 valence electrons. The maximum Gasteiger partial charge on any atom is 0.338 e. The van der Waals surface area contributed by atoms with Crippen molar-refractivity contribution in [3.05, 3.63) is 29.3 Å². The van der Waals surface area contributed by atoms with E-state index >= 15 is 0 Å². The Labute approximate surface area is 160 Å². The largest absolute Gasteiger partial charge is 0.452 e. The molecule has 2 atom stereocenters. The first-order valence-corrected chi connectivity index (χ1v) is 11.1. The summed E-state index contributed by atoms with van der Waals surface area (Å²) in [4.78, 5) is 26.3. The zero-order valence-electron chi connectivity index (χ0n) is 16.0. The standard InChI is InChI=1S/C19H26N2O5S/c1-13-5-4-8-20(11-13)18(22)12-26-19(23)15-6-7-17-16(10-15)9-14(2)21(17)27(3,24)25/h6-7,10,13-14H,4-5,8-9,11-12H2,1-3H3/t13-,14-/m1/s1. The number of nitrogens with zero attached hydrogens (tertiary/aromatic N) is 2. The Morgan fingerprint density at radius 3 is 2.67 bits per heavy atom. The fourth-order valence-corrected chi connectivity index (χ4v) is 5.22. The zero-order chi connectivity index (χ0) is 19.8. The van der Waals surface area contributed by atoms with Gasteiger partial charge in [-0.3, -0.25) is 9.10 Å². The Morgan fingerprint density at radius 2 is 2.00 bits per heavy atom. The van der Waals surface area contributed by atoms with Crippen molar-refractivity contribution >= 4 is 27.6 Å². The normalized spacial score (nSPS) is 22.5. The van der Waals surface area contributed by atoms with Gasteiger partial charge in [0.2, 0.25) is 10.0 Å². The van der Waals surface area contributed by atoms with Crippen molar-refractivity contribution in [3.63, 3.8) is 0 Å². The van der Waals surface area contributed by atoms with Crippen LogP contribution < -0.4 is 4.31 Å². The molecule has 0 N–H and O–H groups in total. The summed E-state index contributed by atoms with van der Waals surface area (Å²) < 4.78 is 30.5. The van der Waals surface area contributed by atoms with Crippen LogP contribution >= 0.6 is 0 Å². The summed E-state index contributed by atoms with van der Waals surface area (Å²) in [6.45, 7) is 5.08. The van der Waals surface area contributed by atoms with E-state index in [-0.39, 0.29) is 18.6 Å². The average molecular weight is 394 g/mol. The molecule has 1 saturated heterocycles. The molecule has 0 unspecified atom stereocenters. The van der Waals surface area contributed by atoms with Gasteiger partial charge in [-0.15, -0.1) is 0 Å². The van der Waals surface area contributed by atoms with Gasteiger partial charge in [-0.05, 0) is 55.9 Å². The summed E-state index contributed by atoms with van der Waals surface area (Å²) in [6, 6.07) is 4.64. The molecule has 27 heavy (non-hydrogen) atoms. The Morgan fingerprint density at radius 1 is 1.26 bits per heavy atom. The average Bonchev–Trinajstić information content (AvgIpc) is 2.94. The zero-order valence-corrected chi connectivity index (χ0v) is 16.8. The number of esters is 1. The fourth-order valence-electron chi connectivity index (χ4n) is 3.95. The van der Waals surface area contributed by atoms with Gasteiger partial charge in [0.25, 0.3) is 5.91 Å². The molecule has 3 rings (SSSR count). The van der Waals surface area contributed by atoms with Crippen LogP contribution in [0.2, 0.25) is 0 Å². The third-order valence-corrected chi connectivity index (χ3v) is 6.43. The van der Waals surface area contributed by atoms with Crippen molar-refractivity contribution in [2.75, 3.05) is 30.3 Å². The molecule has 1 fully saturated rings. The summed E-state index contributed by atoms with van der Waals surface area (Å²) in [7, 11) is -3.37. The van der Waals surface area contributed by atoms with Crippen LogP contribution in [0, 0.1) is 5.92 Å². The van der Waals surface area contributed by atoms with Crippen molar-refractivity contribution in [1.82, 2.24) is 4.90 Å². The smallest absolute Gasteiger partial charge is 0.338 e. The summed E-state index contributed by atoms with van der Waals surface area (Å²) in [5.74, 6) is -0.274. The van der Waals surface area contributed by atoms with E-state index in [9.17, 15) is 18.0 Å². The third-order valence-electron chi connectivity index (χ3n) is 5.16. The number of amides is 1. The first-order chi connectivity index (χ1) is 12.7. The van der Waals surface area contributed by atoms with Gasteiger partial charge < -0.3 is 9.64 Å². The molecule has 8 heteroatoms. The maximum absolute atomic E-state index is 12.3. The predicted molar refractivity (Wildman–Crippen MR) is 102 cm³/mol. The lowest BCUT2D eigenvalue weighted by Crippen LogP contribution is -2.41. The van der Waals surface area contributed by atoms with Gasteiger partial charge in [-0.1, -0.05) is 6.92 Å². The maximum atomic E-state index is 12.3. The molecule has 1 aromatic rings. The fraction of sp³-hybridized carbons (Fsp3) is 0.579. The first-order valence-electron chi connectivity index (χ1n) is 9.24. The molecule has 2 aliphatic rings. The molecular formula is C19H26N2O5S. The molecule has 7 nitrogen and oxygen atoms in total. The van der Waals surface area contributed by atoms with Crippen LogP contribution in [-0.2, 0) is 26.0 Å². The molecule has 2 aliphatic heterocycles. The number of sulfonamides is 1. The van der Waals surface area contributed by atoms with E-state index in [2.05, 4.69) is 6.92 Å². The highest BCUT2D eigenvalue weighted by atomic mass is 32.2. The topological polar surface area (TPSA) is 84.0 Å². The third kappa shape index (κ3) is 4.26. The van der Waals surface area contributed by atoms with E-state index in [1.54, 1.807) is 23.1 Å². The van der Waals surface area contributed by atoms with Crippen molar-refractivity contribution < 1.29 is 22.7 Å². The van der Waals surface area contributed by atoms with Crippen LogP contribution in [0.25, 0.3) is 0 Å². The second-order valence-corrected chi connectivity index (χ2v) is 9.48. The second-order valence-electron chi connectivity index (χ2n) is 7.62. The lowest BCUT2D eigenvalue weighted by atomic mass is 10.0. The molecule has 0 saturated carbocycles. The van der Waals surface area contributed by atoms with Crippen LogP contribution in [0.5, 0.6) is 0 Å². The number of hydrogen-bond acceptors (Lipinski definition) is 5. The molecule has 0 bridgehead atoms. The van der Waals surface area contributed by atoms with Crippen molar-refractivity contribution in [1.29, 1.82) is 0 Å². The monoisotopic (exact) mass is 394 g/mol. The van der Waals surface area contributed by atoms with Crippen molar-refractivity contribution in [3.8, 4) is 0 Å². The van der Waals surface area contributed by atoms with Crippen LogP contribution in [0.15, 0.2) is 18.2 Å². The van der Waals surface area contributed by atoms with E-state index in [0.717, 1.165) is 18.4 Å². The number of piperidine rings is 1. The van der Waals surface area contributed by atoms with Crippen molar-refractivity contribution in [2.45, 2.75) is 39.2 Å². The molecular weight excluding hydrogens is 368 g/mol. The molecule has 1 aromatic carbocycles. The number of benzene rings is 1. The predicted octanol–water partition coefficient (Wildman–Crippen LogP) is 1.81. The summed E-state index contributed by atoms with van der Waals surface area (Å²) >= 11 is 0. The van der Waals surface area contributed by atoms with E-state index < -0.39 is 16.0 Å². The quantitative estimate of drug-likeness (QED) is 0.728. The number of carbonyl (C=O) groups excluding carboxylic acids is 2. The summed E-state index contributed by atoms with van der Waals surface area (Å²) in [6.07, 6.45) is 3.80. The molecule has 1 amide bonds. The lowest BCUT2D eigenvalue weighted by Gasteiger charge is -2.30. The van der Waals surface area contributed by atoms with Gasteiger partial charge in [0.05, 0.1) is 17.5 Å². The highest BCUT2D eigenvalue weighted by Crippen LogP contribution is 2.34. The number of hydrogen-bond donors (Lipinski definition) is 0. The number of likely N-dealkylation sites (tertiary alicyclic amines) is 1. The van der Waals surface area contributed by atoms with Gasteiger partial charge in [0, 0.05) is 19.1 Å². The Bertz CT molecular complexity index is 852. The summed E-state index contributed by atoms with van der Waals surface area (Å²) in [5.41, 5.74) is 1.72. The number of rotatable bonds is 4. The van der Waals surface area contributed by atoms with E-state index in [4.69, 9.17) is 4.74 Å². The second kappa shape index (κ2) is 7.50. The number of fused-ring (bicyclic) bond motifs is 1. The number of anilines is 1. The van der Waals surface area contributed by atoms with Gasteiger partial charge in [-0.2, -0.15) is 0 Å². The van der Waals surface area contributed by atoms with E-state index in [1.807, 2.05) is 6.92 Å². The molecule has 0 radical (unpaired) electrons. The van der Waals surface area contributed by atoms with E-state index in [0.29, 0.717) is 36.7 Å². The minimum Gasteiger partial charge on any atom is -0.452 e. The molecule has 2 heterocycles. The van der Waals surface area contributed by atoms with Gasteiger partial charge >= 0.3 is 5.97 Å². The molecule has 0 spiro atoms. The van der Waals surface area contributed by atoms with E-state index in [1.165, 1.54) is 10.6 Å². The minimum atomic E-state index is -3.37. The van der Waals surface area contributed by atoms with Crippen LogP contribution in [0.4, 0.5) is 5.69 Å². The lowest BCUT2D eigenvalue weighted by molar-refractivity contribution is -0.136. The first kappa shape index (κ1) is 19.7. The van der Waals surface area contributed by atoms with Crippen LogP contribution in [-0.4, -0.2) is 57.2 Å². The molecule has 0 aliphatic carbocycles. The van der Waals surface area contributed by atoms with Crippen LogP contribution in [0.3, 0.4) is 0 Å². The van der Waals surface area contributed by atoms with Crippen LogP contribution in [0.1, 0.15) is 42.6 Å². The van der Waals surface area contributed by atoms with Gasteiger partial charge in [-0.25, -0.2) is 13.2 Å². The minimum absolute atomic E-state index is 0.173. The Balaban J connectivity index is 1.65. The highest BCUT2D eigenvalue weighted by molar-refractivity contribution is 7.92. The van der Waals surface area contributed by atoms with Gasteiger partial charge in [0.1, 0.15) is 0 Å². The summed E-state index contributed by atoms with van der Waals surface area (Å²) in [5, 5.41) is 0. The number of ether oxygens (including phenoxy) is 1. The molecule has 0 aromatic heterocycles. The Hall–Kier alpha value is -2.09. The van der Waals surface area contributed by atoms with Crippen molar-refractivity contribution in [2.24, 2.45) is 5.92 Å². The van der Waals surface area contributed by atoms with Gasteiger partial charge in [0.15, 0.2) is 6.61 Å². The number of carbonyl (C=O) groups is 2.